The molecule has 0 atom stereocenters. The van der Waals surface area contributed by atoms with Crippen molar-refractivity contribution in [3.05, 3.63) is 234 Å². The van der Waals surface area contributed by atoms with Crippen LogP contribution in [0.2, 0.25) is 0 Å². The lowest BCUT2D eigenvalue weighted by Crippen LogP contribution is -2.24. The van der Waals surface area contributed by atoms with Crippen LogP contribution >= 0.6 is 0 Å². The molecule has 9 aromatic rings. The van der Waals surface area contributed by atoms with Crippen molar-refractivity contribution in [3.63, 3.8) is 0 Å². The summed E-state index contributed by atoms with van der Waals surface area (Å²) in [5.74, 6) is 0. The Morgan fingerprint density at radius 2 is 0.885 bits per heavy atom. The fourth-order valence-electron chi connectivity index (χ4n) is 10.3. The largest absolute Gasteiger partial charge is 0.310 e. The van der Waals surface area contributed by atoms with Crippen LogP contribution in [-0.4, -0.2) is 0 Å². The van der Waals surface area contributed by atoms with E-state index in [9.17, 15) is 0 Å². The maximum absolute atomic E-state index is 2.46. The van der Waals surface area contributed by atoms with Crippen molar-refractivity contribution in [3.8, 4) is 11.1 Å². The minimum absolute atomic E-state index is 0.162. The van der Waals surface area contributed by atoms with Crippen molar-refractivity contribution in [1.82, 2.24) is 0 Å². The molecule has 0 spiro atoms. The zero-order valence-corrected chi connectivity index (χ0v) is 34.3. The molecule has 2 heterocycles. The first kappa shape index (κ1) is 35.3. The molecule has 12 rings (SSSR count). The third kappa shape index (κ3) is 5.51. The number of hydrogen-bond acceptors (Lipinski definition) is 3. The number of anilines is 9. The minimum Gasteiger partial charge on any atom is -0.310 e. The summed E-state index contributed by atoms with van der Waals surface area (Å²) in [5.41, 5.74) is 21.0. The zero-order valence-electron chi connectivity index (χ0n) is 34.3. The van der Waals surface area contributed by atoms with E-state index < -0.39 is 0 Å². The summed E-state index contributed by atoms with van der Waals surface area (Å²) in [6.07, 6.45) is 5.54. The molecule has 3 nitrogen and oxygen atoms in total. The molecule has 0 fully saturated rings. The second-order valence-corrected chi connectivity index (χ2v) is 17.0. The maximum Gasteiger partial charge on any atom is 0.0703 e. The first-order valence-electron chi connectivity index (χ1n) is 21.3. The lowest BCUT2D eigenvalue weighted by molar-refractivity contribution is 0.660. The Labute approximate surface area is 357 Å². The number of para-hydroxylation sites is 7. The molecule has 0 unspecified atom stereocenters. The maximum atomic E-state index is 2.46. The summed E-state index contributed by atoms with van der Waals surface area (Å²) in [7, 11) is 0. The van der Waals surface area contributed by atoms with Crippen LogP contribution in [-0.2, 0) is 11.8 Å². The smallest absolute Gasteiger partial charge is 0.0703 e. The van der Waals surface area contributed by atoms with Crippen LogP contribution in [0.25, 0.3) is 34.1 Å². The molecule has 0 saturated carbocycles. The third-order valence-corrected chi connectivity index (χ3v) is 13.2. The summed E-state index contributed by atoms with van der Waals surface area (Å²) in [6.45, 7) is 4.77. The van der Waals surface area contributed by atoms with Gasteiger partial charge in [0, 0.05) is 40.0 Å². The molecule has 0 N–H and O–H groups in total. The van der Waals surface area contributed by atoms with Crippen molar-refractivity contribution < 1.29 is 0 Å². The molecule has 0 amide bonds. The Hall–Kier alpha value is -7.62. The summed E-state index contributed by atoms with van der Waals surface area (Å²) in [4.78, 5) is 7.27. The van der Waals surface area contributed by atoms with Gasteiger partial charge in [-0.05, 0) is 117 Å². The standard InChI is InChI=1S/C58H43N3/c1-58(2)49-36-39(31-34-46(49)47-35-33-44(38-50(47)58)60-51-23-8-6-16-41(51)37-42-17-7-9-24-52(42)60)30-32-40-18-14-22-48-45(40)21-15-29-53(48)61-56-27-12-10-25-54(56)59(43-19-4-3-5-20-43)55-26-11-13-28-57(55)61/h3-36,38H,37H2,1-2H3. The van der Waals surface area contributed by atoms with Crippen molar-refractivity contribution in [2.75, 3.05) is 14.7 Å². The van der Waals surface area contributed by atoms with E-state index in [0.29, 0.717) is 0 Å². The van der Waals surface area contributed by atoms with Crippen LogP contribution in [0.4, 0.5) is 51.2 Å². The van der Waals surface area contributed by atoms with Gasteiger partial charge in [0.1, 0.15) is 0 Å². The zero-order chi connectivity index (χ0) is 40.7. The minimum atomic E-state index is -0.162. The Balaban J connectivity index is 0.898. The molecule has 1 aliphatic carbocycles. The van der Waals surface area contributed by atoms with Crippen LogP contribution in [0.15, 0.2) is 200 Å². The topological polar surface area (TPSA) is 9.72 Å². The summed E-state index contributed by atoms with van der Waals surface area (Å²) < 4.78 is 0. The van der Waals surface area contributed by atoms with Crippen LogP contribution in [0.1, 0.15) is 47.2 Å². The number of fused-ring (bicyclic) bond motifs is 8. The number of rotatable bonds is 5. The van der Waals surface area contributed by atoms with Gasteiger partial charge in [0.25, 0.3) is 0 Å². The Bertz CT molecular complexity index is 3140. The van der Waals surface area contributed by atoms with Crippen molar-refractivity contribution in [1.29, 1.82) is 0 Å². The van der Waals surface area contributed by atoms with E-state index in [2.05, 4.69) is 241 Å². The molecule has 3 heteroatoms. The number of benzene rings is 9. The molecular weight excluding hydrogens is 739 g/mol. The van der Waals surface area contributed by atoms with Gasteiger partial charge >= 0.3 is 0 Å². The summed E-state index contributed by atoms with van der Waals surface area (Å²) in [5, 5.41) is 2.43. The quantitative estimate of drug-likeness (QED) is 0.161. The van der Waals surface area contributed by atoms with Crippen LogP contribution in [0.5, 0.6) is 0 Å². The highest BCUT2D eigenvalue weighted by Gasteiger charge is 2.37. The molecule has 0 aromatic heterocycles. The summed E-state index contributed by atoms with van der Waals surface area (Å²) >= 11 is 0. The van der Waals surface area contributed by atoms with Gasteiger partial charge < -0.3 is 14.7 Å². The van der Waals surface area contributed by atoms with Gasteiger partial charge in [-0.1, -0.05) is 159 Å². The van der Waals surface area contributed by atoms with E-state index in [0.717, 1.165) is 40.5 Å². The van der Waals surface area contributed by atoms with Gasteiger partial charge in [0.2, 0.25) is 0 Å². The highest BCUT2D eigenvalue weighted by Crippen LogP contribution is 2.56. The second kappa shape index (κ2) is 13.7. The predicted octanol–water partition coefficient (Wildman–Crippen LogP) is 15.9. The van der Waals surface area contributed by atoms with Crippen LogP contribution in [0.3, 0.4) is 0 Å². The van der Waals surface area contributed by atoms with E-state index in [1.165, 1.54) is 72.3 Å². The van der Waals surface area contributed by atoms with Gasteiger partial charge in [0.15, 0.2) is 0 Å². The van der Waals surface area contributed by atoms with Crippen molar-refractivity contribution in [2.24, 2.45) is 0 Å². The molecule has 3 aliphatic rings. The Morgan fingerprint density at radius 3 is 1.56 bits per heavy atom. The first-order valence-corrected chi connectivity index (χ1v) is 21.3. The lowest BCUT2D eigenvalue weighted by atomic mass is 9.81. The predicted molar refractivity (Wildman–Crippen MR) is 257 cm³/mol. The van der Waals surface area contributed by atoms with E-state index in [-0.39, 0.29) is 5.41 Å². The normalized spacial score (nSPS) is 14.3. The van der Waals surface area contributed by atoms with Gasteiger partial charge in [-0.2, -0.15) is 0 Å². The average Bonchev–Trinajstić information content (AvgIpc) is 3.53. The Kier molecular flexibility index (Phi) is 7.95. The van der Waals surface area contributed by atoms with Crippen molar-refractivity contribution in [2.45, 2.75) is 25.7 Å². The molecule has 61 heavy (non-hydrogen) atoms. The monoisotopic (exact) mass is 781 g/mol. The van der Waals surface area contributed by atoms with Gasteiger partial charge in [-0.3, -0.25) is 0 Å². The number of nitrogens with zero attached hydrogens (tertiary/aromatic N) is 3. The van der Waals surface area contributed by atoms with Crippen LogP contribution < -0.4 is 14.7 Å². The second-order valence-electron chi connectivity index (χ2n) is 17.0. The third-order valence-electron chi connectivity index (χ3n) is 13.2. The van der Waals surface area contributed by atoms with Gasteiger partial charge in [-0.25, -0.2) is 0 Å². The molecular formula is C58H43N3. The SMILES string of the molecule is CC1(C)c2cc(C=Cc3cccc4c(N5c6ccccc6N(c6ccccc6)c6ccccc65)cccc34)ccc2-c2ccc(N3c4ccccc4Cc4ccccc43)cc21. The first-order chi connectivity index (χ1) is 30.0. The highest BCUT2D eigenvalue weighted by atomic mass is 15.3. The molecule has 0 radical (unpaired) electrons. The lowest BCUT2D eigenvalue weighted by Gasteiger charge is -2.40. The summed E-state index contributed by atoms with van der Waals surface area (Å²) in [6, 6.07) is 73.4. The van der Waals surface area contributed by atoms with E-state index in [4.69, 9.17) is 0 Å². The van der Waals surface area contributed by atoms with E-state index >= 15 is 0 Å². The Morgan fingerprint density at radius 1 is 0.377 bits per heavy atom. The fraction of sp³-hybridized carbons (Fsp3) is 0.0690. The average molecular weight is 782 g/mol. The number of hydrogen-bond donors (Lipinski definition) is 0. The molecule has 0 bridgehead atoms. The highest BCUT2D eigenvalue weighted by molar-refractivity contribution is 6.08. The fourth-order valence-corrected chi connectivity index (χ4v) is 10.3. The molecule has 9 aromatic carbocycles. The molecule has 2 aliphatic heterocycles. The van der Waals surface area contributed by atoms with Crippen LogP contribution in [0, 0.1) is 0 Å². The van der Waals surface area contributed by atoms with Gasteiger partial charge in [0.05, 0.1) is 28.4 Å². The molecule has 290 valence electrons. The van der Waals surface area contributed by atoms with E-state index in [1.807, 2.05) is 0 Å². The van der Waals surface area contributed by atoms with E-state index in [1.54, 1.807) is 0 Å². The molecule has 0 saturated heterocycles. The van der Waals surface area contributed by atoms with Gasteiger partial charge in [-0.15, -0.1) is 0 Å². The van der Waals surface area contributed by atoms with Crippen molar-refractivity contribution >= 4 is 74.1 Å².